The Hall–Kier alpha value is -6.29. The number of para-hydroxylation sites is 2. The molecular weight excluding hydrogens is 625 g/mol. The molecule has 0 aliphatic carbocycles. The Morgan fingerprint density at radius 3 is 1.96 bits per heavy atom. The molecule has 8 aromatic carbocycles. The number of fused-ring (bicyclic) bond motifs is 9. The third kappa shape index (κ3) is 4.05. The summed E-state index contributed by atoms with van der Waals surface area (Å²) in [5, 5.41) is 11.2. The largest absolute Gasteiger partial charge is 0.309 e. The van der Waals surface area contributed by atoms with Crippen molar-refractivity contribution >= 4 is 85.8 Å². The quantitative estimate of drug-likeness (QED) is 0.186. The summed E-state index contributed by atoms with van der Waals surface area (Å²) in [6.45, 7) is 0. The molecule has 0 amide bonds. The van der Waals surface area contributed by atoms with Crippen LogP contribution in [0.4, 0.5) is 0 Å². The van der Waals surface area contributed by atoms with Gasteiger partial charge < -0.3 is 4.57 Å². The van der Waals surface area contributed by atoms with E-state index >= 15 is 0 Å². The van der Waals surface area contributed by atoms with Crippen molar-refractivity contribution in [1.29, 1.82) is 0 Å². The summed E-state index contributed by atoms with van der Waals surface area (Å²) in [6, 6.07) is 61.9. The van der Waals surface area contributed by atoms with Crippen LogP contribution in [0.25, 0.3) is 102 Å². The number of pyridine rings is 1. The van der Waals surface area contributed by atoms with Crippen LogP contribution in [0.2, 0.25) is 0 Å². The van der Waals surface area contributed by atoms with Crippen molar-refractivity contribution in [3.05, 3.63) is 170 Å². The molecule has 0 unspecified atom stereocenters. The van der Waals surface area contributed by atoms with Crippen LogP contribution < -0.4 is 0 Å². The Balaban J connectivity index is 1.22. The fourth-order valence-corrected chi connectivity index (χ4v) is 9.29. The number of rotatable bonds is 3. The van der Waals surface area contributed by atoms with Crippen molar-refractivity contribution < 1.29 is 0 Å². The monoisotopic (exact) mass is 652 g/mol. The second-order valence-corrected chi connectivity index (χ2v) is 14.2. The molecule has 0 saturated carbocycles. The van der Waals surface area contributed by atoms with Crippen LogP contribution in [0.1, 0.15) is 0 Å². The third-order valence-corrected chi connectivity index (χ3v) is 11.6. The molecule has 50 heavy (non-hydrogen) atoms. The van der Waals surface area contributed by atoms with Gasteiger partial charge in [-0.05, 0) is 75.6 Å². The molecule has 11 rings (SSSR count). The van der Waals surface area contributed by atoms with Crippen LogP contribution in [0.3, 0.4) is 0 Å². The smallest absolute Gasteiger partial charge is 0.0722 e. The maximum Gasteiger partial charge on any atom is 0.0722 e. The average molecular weight is 653 g/mol. The van der Waals surface area contributed by atoms with Gasteiger partial charge in [-0.1, -0.05) is 121 Å². The molecule has 0 atom stereocenters. The molecule has 2 nitrogen and oxygen atoms in total. The lowest BCUT2D eigenvalue weighted by Gasteiger charge is -2.16. The number of aromatic nitrogens is 2. The van der Waals surface area contributed by atoms with Crippen molar-refractivity contribution in [2.75, 3.05) is 0 Å². The van der Waals surface area contributed by atoms with Crippen LogP contribution in [0, 0.1) is 0 Å². The van der Waals surface area contributed by atoms with Crippen molar-refractivity contribution in [1.82, 2.24) is 9.55 Å². The molecule has 0 spiro atoms. The standard InChI is InChI=1S/C47H28N2S/c1-2-13-30-26-45-41(25-29(30)12-1)35-17-6-9-22-44(35)49(45)32-24-31-14-3-4-15-33(31)40(27-32)43-28-39(34-16-5-8-21-42(34)48-43)38-20-11-19-37-36-18-7-10-23-46(36)50-47(37)38/h1-28H. The lowest BCUT2D eigenvalue weighted by Crippen LogP contribution is -1.97. The van der Waals surface area contributed by atoms with E-state index < -0.39 is 0 Å². The van der Waals surface area contributed by atoms with E-state index in [9.17, 15) is 0 Å². The summed E-state index contributed by atoms with van der Waals surface area (Å²) >= 11 is 1.88. The summed E-state index contributed by atoms with van der Waals surface area (Å²) in [5.74, 6) is 0. The molecule has 3 aromatic heterocycles. The highest BCUT2D eigenvalue weighted by Gasteiger charge is 2.19. The number of thiophene rings is 1. The molecule has 0 N–H and O–H groups in total. The highest BCUT2D eigenvalue weighted by molar-refractivity contribution is 7.26. The van der Waals surface area contributed by atoms with Gasteiger partial charge in [0.1, 0.15) is 0 Å². The van der Waals surface area contributed by atoms with E-state index in [2.05, 4.69) is 174 Å². The van der Waals surface area contributed by atoms with Crippen molar-refractivity contribution in [2.24, 2.45) is 0 Å². The molecule has 3 heteroatoms. The topological polar surface area (TPSA) is 17.8 Å². The van der Waals surface area contributed by atoms with Gasteiger partial charge in [-0.25, -0.2) is 4.98 Å². The minimum atomic E-state index is 0.973. The van der Waals surface area contributed by atoms with E-state index in [0.717, 1.165) is 27.8 Å². The molecule has 0 aliphatic rings. The van der Waals surface area contributed by atoms with Crippen molar-refractivity contribution in [3.63, 3.8) is 0 Å². The van der Waals surface area contributed by atoms with Gasteiger partial charge in [0.2, 0.25) is 0 Å². The van der Waals surface area contributed by atoms with Crippen molar-refractivity contribution in [2.45, 2.75) is 0 Å². The molecule has 3 heterocycles. The molecule has 0 radical (unpaired) electrons. The predicted molar refractivity (Wildman–Crippen MR) is 215 cm³/mol. The molecule has 232 valence electrons. The summed E-state index contributed by atoms with van der Waals surface area (Å²) in [7, 11) is 0. The SMILES string of the molecule is c1ccc2cc3c(cc2c1)c1ccccc1n3-c1cc(-c2cc(-c3cccc4c3sc3ccccc34)c3ccccc3n2)c2ccccc2c1. The van der Waals surface area contributed by atoms with Gasteiger partial charge >= 0.3 is 0 Å². The molecule has 0 fully saturated rings. The molecule has 11 aromatic rings. The van der Waals surface area contributed by atoms with E-state index in [0.29, 0.717) is 0 Å². The van der Waals surface area contributed by atoms with Crippen LogP contribution in [0.5, 0.6) is 0 Å². The first-order valence-electron chi connectivity index (χ1n) is 17.0. The maximum atomic E-state index is 5.39. The van der Waals surface area contributed by atoms with E-state index in [1.807, 2.05) is 11.3 Å². The Bertz CT molecular complexity index is 3160. The normalized spacial score (nSPS) is 12.0. The molecule has 0 saturated heterocycles. The highest BCUT2D eigenvalue weighted by Crippen LogP contribution is 2.44. The van der Waals surface area contributed by atoms with Crippen LogP contribution in [-0.2, 0) is 0 Å². The van der Waals surface area contributed by atoms with Gasteiger partial charge in [0.15, 0.2) is 0 Å². The lowest BCUT2D eigenvalue weighted by molar-refractivity contribution is 1.19. The van der Waals surface area contributed by atoms with Crippen molar-refractivity contribution in [3.8, 4) is 28.1 Å². The molecule has 0 bridgehead atoms. The van der Waals surface area contributed by atoms with E-state index in [-0.39, 0.29) is 0 Å². The van der Waals surface area contributed by atoms with Crippen LogP contribution in [-0.4, -0.2) is 9.55 Å². The zero-order chi connectivity index (χ0) is 32.8. The van der Waals surface area contributed by atoms with Crippen LogP contribution >= 0.6 is 11.3 Å². The van der Waals surface area contributed by atoms with E-state index in [4.69, 9.17) is 4.98 Å². The zero-order valence-corrected chi connectivity index (χ0v) is 27.8. The van der Waals surface area contributed by atoms with Gasteiger partial charge in [0.05, 0.1) is 22.2 Å². The van der Waals surface area contributed by atoms with E-state index in [1.54, 1.807) is 0 Å². The Morgan fingerprint density at radius 2 is 1.08 bits per heavy atom. The fraction of sp³-hybridized carbons (Fsp3) is 0. The summed E-state index contributed by atoms with van der Waals surface area (Å²) in [6.07, 6.45) is 0. The second kappa shape index (κ2) is 10.6. The van der Waals surface area contributed by atoms with Gasteiger partial charge in [-0.2, -0.15) is 0 Å². The van der Waals surface area contributed by atoms with E-state index in [1.165, 1.54) is 74.6 Å². The summed E-state index contributed by atoms with van der Waals surface area (Å²) in [4.78, 5) is 5.39. The predicted octanol–water partition coefficient (Wildman–Crippen LogP) is 13.3. The first-order chi connectivity index (χ1) is 24.8. The Morgan fingerprint density at radius 1 is 0.400 bits per heavy atom. The lowest BCUT2D eigenvalue weighted by atomic mass is 9.95. The Kier molecular flexibility index (Phi) is 5.86. The van der Waals surface area contributed by atoms with Crippen LogP contribution in [0.15, 0.2) is 170 Å². The Labute approximate surface area is 292 Å². The number of hydrogen-bond donors (Lipinski definition) is 0. The van der Waals surface area contributed by atoms with Gasteiger partial charge in [-0.15, -0.1) is 11.3 Å². The average Bonchev–Trinajstić information content (AvgIpc) is 3.71. The minimum Gasteiger partial charge on any atom is -0.309 e. The summed E-state index contributed by atoms with van der Waals surface area (Å²) in [5.41, 5.74) is 9.08. The number of hydrogen-bond acceptors (Lipinski definition) is 2. The number of nitrogens with zero attached hydrogens (tertiary/aromatic N) is 2. The fourth-order valence-electron chi connectivity index (χ4n) is 8.06. The minimum absolute atomic E-state index is 0.973. The van der Waals surface area contributed by atoms with Gasteiger partial charge in [-0.3, -0.25) is 0 Å². The highest BCUT2D eigenvalue weighted by atomic mass is 32.1. The third-order valence-electron chi connectivity index (χ3n) is 10.3. The van der Waals surface area contributed by atoms with Gasteiger partial charge in [0.25, 0.3) is 0 Å². The second-order valence-electron chi connectivity index (χ2n) is 13.1. The first-order valence-corrected chi connectivity index (χ1v) is 17.9. The van der Waals surface area contributed by atoms with Gasteiger partial charge in [0, 0.05) is 53.1 Å². The summed E-state index contributed by atoms with van der Waals surface area (Å²) < 4.78 is 5.06. The maximum absolute atomic E-state index is 5.39. The number of benzene rings is 8. The first kappa shape index (κ1) is 27.6. The molecular formula is C47H28N2S. The zero-order valence-electron chi connectivity index (χ0n) is 27.0. The molecule has 0 aliphatic heterocycles.